The van der Waals surface area contributed by atoms with Crippen LogP contribution in [0.2, 0.25) is 0 Å². The van der Waals surface area contributed by atoms with E-state index in [2.05, 4.69) is 4.74 Å². The van der Waals surface area contributed by atoms with Crippen LogP contribution in [-0.2, 0) is 14.3 Å². The Hall–Kier alpha value is -2.05. The van der Waals surface area contributed by atoms with Gasteiger partial charge in [0.05, 0.1) is 6.61 Å². The smallest absolute Gasteiger partial charge is 0.419 e. The fourth-order valence-corrected chi connectivity index (χ4v) is 1.26. The summed E-state index contributed by atoms with van der Waals surface area (Å²) in [5, 5.41) is 1.80. The van der Waals surface area contributed by atoms with E-state index >= 15 is 0 Å². The highest BCUT2D eigenvalue weighted by molar-refractivity contribution is 6.10. The first kappa shape index (κ1) is 15.0. The average Bonchev–Trinajstić information content (AvgIpc) is 2.35. The minimum atomic E-state index is -4.32. The molecule has 1 aromatic carbocycles. The fourth-order valence-electron chi connectivity index (χ4n) is 1.26. The van der Waals surface area contributed by atoms with E-state index in [1.165, 1.54) is 26.0 Å². The Morgan fingerprint density at radius 3 is 2.58 bits per heavy atom. The van der Waals surface area contributed by atoms with Crippen molar-refractivity contribution in [3.8, 4) is 0 Å². The van der Waals surface area contributed by atoms with Crippen LogP contribution in [0.4, 0.5) is 18.9 Å². The van der Waals surface area contributed by atoms with Gasteiger partial charge in [-0.2, -0.15) is 8.78 Å². The molecule has 7 heteroatoms. The van der Waals surface area contributed by atoms with Gasteiger partial charge in [-0.05, 0) is 26.0 Å². The maximum Gasteiger partial charge on any atom is 0.419 e. The summed E-state index contributed by atoms with van der Waals surface area (Å²) in [7, 11) is 0. The van der Waals surface area contributed by atoms with Crippen molar-refractivity contribution in [3.63, 3.8) is 0 Å². The molecule has 0 unspecified atom stereocenters. The second-order valence-corrected chi connectivity index (χ2v) is 3.66. The molecule has 1 aromatic rings. The van der Waals surface area contributed by atoms with Gasteiger partial charge in [-0.15, -0.1) is 0 Å². The lowest BCUT2D eigenvalue weighted by atomic mass is 10.2. The van der Waals surface area contributed by atoms with E-state index in [9.17, 15) is 22.8 Å². The summed E-state index contributed by atoms with van der Waals surface area (Å²) in [5.74, 6) is -8.78. The van der Waals surface area contributed by atoms with Crippen LogP contribution < -0.4 is 5.32 Å². The van der Waals surface area contributed by atoms with Crippen molar-refractivity contribution in [2.24, 2.45) is 0 Å². The van der Waals surface area contributed by atoms with Crippen LogP contribution in [0.1, 0.15) is 12.5 Å². The Morgan fingerprint density at radius 2 is 2.00 bits per heavy atom. The van der Waals surface area contributed by atoms with Crippen LogP contribution in [0.15, 0.2) is 18.2 Å². The van der Waals surface area contributed by atoms with Crippen molar-refractivity contribution in [1.82, 2.24) is 0 Å². The van der Waals surface area contributed by atoms with Gasteiger partial charge in [0.15, 0.2) is 0 Å². The molecule has 4 nitrogen and oxygen atoms in total. The van der Waals surface area contributed by atoms with E-state index < -0.39 is 23.6 Å². The number of nitrogens with one attached hydrogen (secondary N) is 1. The van der Waals surface area contributed by atoms with Crippen LogP contribution in [0.5, 0.6) is 0 Å². The highest BCUT2D eigenvalue weighted by Crippen LogP contribution is 2.22. The Morgan fingerprint density at radius 1 is 1.37 bits per heavy atom. The third-order valence-electron chi connectivity index (χ3n) is 2.33. The lowest BCUT2D eigenvalue weighted by molar-refractivity contribution is -0.175. The molecule has 104 valence electrons. The molecule has 0 radical (unpaired) electrons. The van der Waals surface area contributed by atoms with Crippen molar-refractivity contribution >= 4 is 17.6 Å². The van der Waals surface area contributed by atoms with Gasteiger partial charge >= 0.3 is 17.8 Å². The number of amides is 1. The second kappa shape index (κ2) is 5.73. The number of hydrogen-bond acceptors (Lipinski definition) is 3. The number of carbonyl (C=O) groups is 2. The Bertz CT molecular complexity index is 503. The van der Waals surface area contributed by atoms with Gasteiger partial charge in [-0.25, -0.2) is 9.18 Å². The van der Waals surface area contributed by atoms with E-state index in [0.717, 1.165) is 6.07 Å². The molecule has 0 aliphatic rings. The van der Waals surface area contributed by atoms with Crippen molar-refractivity contribution in [2.45, 2.75) is 19.8 Å². The minimum Gasteiger partial charge on any atom is -0.461 e. The van der Waals surface area contributed by atoms with Crippen LogP contribution >= 0.6 is 0 Å². The lowest BCUT2D eigenvalue weighted by Gasteiger charge is -2.15. The van der Waals surface area contributed by atoms with Crippen LogP contribution in [0.25, 0.3) is 0 Å². The molecule has 0 aliphatic carbocycles. The van der Waals surface area contributed by atoms with E-state index in [1.807, 2.05) is 0 Å². The first-order valence-electron chi connectivity index (χ1n) is 5.42. The Labute approximate surface area is 107 Å². The molecule has 0 heterocycles. The van der Waals surface area contributed by atoms with Gasteiger partial charge < -0.3 is 10.1 Å². The number of halogens is 3. The Kier molecular flexibility index (Phi) is 4.52. The van der Waals surface area contributed by atoms with Gasteiger partial charge in [0.2, 0.25) is 0 Å². The van der Waals surface area contributed by atoms with Crippen LogP contribution in [-0.4, -0.2) is 24.4 Å². The van der Waals surface area contributed by atoms with Crippen molar-refractivity contribution in [1.29, 1.82) is 0 Å². The number of anilines is 1. The van der Waals surface area contributed by atoms with E-state index in [-0.39, 0.29) is 17.9 Å². The molecule has 0 saturated carbocycles. The molecule has 1 N–H and O–H groups in total. The summed E-state index contributed by atoms with van der Waals surface area (Å²) in [6.45, 7) is 2.37. The summed E-state index contributed by atoms with van der Waals surface area (Å²) in [6, 6.07) is 3.62. The summed E-state index contributed by atoms with van der Waals surface area (Å²) >= 11 is 0. The topological polar surface area (TPSA) is 55.4 Å². The van der Waals surface area contributed by atoms with Gasteiger partial charge in [0, 0.05) is 11.3 Å². The number of alkyl halides is 2. The van der Waals surface area contributed by atoms with Gasteiger partial charge in [-0.3, -0.25) is 4.79 Å². The summed E-state index contributed by atoms with van der Waals surface area (Å²) in [4.78, 5) is 22.3. The molecule has 1 amide bonds. The summed E-state index contributed by atoms with van der Waals surface area (Å²) < 4.78 is 43.9. The Balaban J connectivity index is 2.90. The first-order valence-corrected chi connectivity index (χ1v) is 5.42. The standard InChI is InChI=1S/C12H12F3NO3/c1-3-19-11(18)12(14,15)10(17)16-9-6-4-5-8(13)7(9)2/h4-6H,3H2,1-2H3,(H,16,17). The van der Waals surface area contributed by atoms with Crippen molar-refractivity contribution < 1.29 is 27.5 Å². The SMILES string of the molecule is CCOC(=O)C(F)(F)C(=O)Nc1cccc(F)c1C. The number of benzene rings is 1. The number of carbonyl (C=O) groups excluding carboxylic acids is 2. The molecule has 0 bridgehead atoms. The zero-order chi connectivity index (χ0) is 14.6. The van der Waals surface area contributed by atoms with Gasteiger partial charge in [-0.1, -0.05) is 6.07 Å². The maximum absolute atomic E-state index is 13.3. The normalized spacial score (nSPS) is 11.0. The molecular weight excluding hydrogens is 263 g/mol. The van der Waals surface area contributed by atoms with E-state index in [1.54, 1.807) is 5.32 Å². The van der Waals surface area contributed by atoms with Gasteiger partial charge in [0.1, 0.15) is 5.82 Å². The summed E-state index contributed by atoms with van der Waals surface area (Å²) in [6.07, 6.45) is 0. The quantitative estimate of drug-likeness (QED) is 0.677. The molecule has 19 heavy (non-hydrogen) atoms. The molecular formula is C12H12F3NO3. The van der Waals surface area contributed by atoms with E-state index in [0.29, 0.717) is 0 Å². The second-order valence-electron chi connectivity index (χ2n) is 3.66. The number of esters is 1. The predicted octanol–water partition coefficient (Wildman–Crippen LogP) is 2.27. The lowest BCUT2D eigenvalue weighted by Crippen LogP contribution is -2.43. The largest absolute Gasteiger partial charge is 0.461 e. The third kappa shape index (κ3) is 3.24. The zero-order valence-corrected chi connectivity index (χ0v) is 10.3. The molecule has 1 rings (SSSR count). The van der Waals surface area contributed by atoms with Crippen molar-refractivity contribution in [3.05, 3.63) is 29.6 Å². The highest BCUT2D eigenvalue weighted by Gasteiger charge is 2.49. The first-order chi connectivity index (χ1) is 8.80. The highest BCUT2D eigenvalue weighted by atomic mass is 19.3. The van der Waals surface area contributed by atoms with Gasteiger partial charge in [0.25, 0.3) is 0 Å². The average molecular weight is 275 g/mol. The molecule has 0 spiro atoms. The number of rotatable bonds is 4. The zero-order valence-electron chi connectivity index (χ0n) is 10.3. The molecule has 0 aromatic heterocycles. The molecule has 0 saturated heterocycles. The van der Waals surface area contributed by atoms with Crippen LogP contribution in [0.3, 0.4) is 0 Å². The third-order valence-corrected chi connectivity index (χ3v) is 2.33. The van der Waals surface area contributed by atoms with E-state index in [4.69, 9.17) is 0 Å². The van der Waals surface area contributed by atoms with Crippen LogP contribution in [0, 0.1) is 12.7 Å². The summed E-state index contributed by atoms with van der Waals surface area (Å²) in [5.41, 5.74) is -0.135. The maximum atomic E-state index is 13.3. The monoisotopic (exact) mass is 275 g/mol. The fraction of sp³-hybridized carbons (Fsp3) is 0.333. The number of hydrogen-bond donors (Lipinski definition) is 1. The predicted molar refractivity (Wildman–Crippen MR) is 61.3 cm³/mol. The minimum absolute atomic E-state index is 0.00416. The molecule has 0 fully saturated rings. The van der Waals surface area contributed by atoms with Crippen molar-refractivity contribution in [2.75, 3.05) is 11.9 Å². The number of ether oxygens (including phenoxy) is 1. The molecule has 0 aliphatic heterocycles. The molecule has 0 atom stereocenters.